The lowest BCUT2D eigenvalue weighted by Gasteiger charge is -2.20. The lowest BCUT2D eigenvalue weighted by Crippen LogP contribution is -2.51. The van der Waals surface area contributed by atoms with Crippen LogP contribution in [0.25, 0.3) is 11.5 Å². The van der Waals surface area contributed by atoms with Crippen molar-refractivity contribution in [3.8, 4) is 23.3 Å². The van der Waals surface area contributed by atoms with Gasteiger partial charge in [-0.05, 0) is 48.7 Å². The van der Waals surface area contributed by atoms with E-state index in [9.17, 15) is 32.4 Å². The molecule has 2 amide bonds. The van der Waals surface area contributed by atoms with E-state index in [4.69, 9.17) is 16.1 Å². The predicted molar refractivity (Wildman–Crippen MR) is 119 cm³/mol. The molecule has 1 atom stereocenters. The summed E-state index contributed by atoms with van der Waals surface area (Å²) < 4.78 is 59.9. The summed E-state index contributed by atoms with van der Waals surface area (Å²) in [6.07, 6.45) is -4.31. The van der Waals surface area contributed by atoms with Crippen molar-refractivity contribution in [2.75, 3.05) is 0 Å². The summed E-state index contributed by atoms with van der Waals surface area (Å²) in [5, 5.41) is 17.5. The van der Waals surface area contributed by atoms with Crippen LogP contribution in [0, 0.1) is 17.1 Å². The normalized spacial score (nSPS) is 14.8. The Hall–Kier alpha value is -4.18. The molecule has 1 heterocycles. The van der Waals surface area contributed by atoms with Crippen molar-refractivity contribution in [2.45, 2.75) is 37.2 Å². The van der Waals surface area contributed by atoms with Crippen LogP contribution in [0.3, 0.4) is 0 Å². The summed E-state index contributed by atoms with van der Waals surface area (Å²) in [4.78, 5) is 29.7. The van der Waals surface area contributed by atoms with Gasteiger partial charge in [-0.1, -0.05) is 28.9 Å². The monoisotopic (exact) mass is 537 g/mol. The SMILES string of the molecule is N#CC1(NC(=O)[C@H](Cc2ccc(OC(F)(F)F)c(Cl)c2)NC(=O)c2noc(-c3cccc(F)c3)n2)CC1. The van der Waals surface area contributed by atoms with Crippen molar-refractivity contribution >= 4 is 23.4 Å². The zero-order valence-corrected chi connectivity index (χ0v) is 19.4. The van der Waals surface area contributed by atoms with Crippen LogP contribution in [0.5, 0.6) is 5.75 Å². The molecule has 1 aromatic heterocycles. The summed E-state index contributed by atoms with van der Waals surface area (Å²) in [7, 11) is 0. The molecule has 192 valence electrons. The molecule has 14 heteroatoms. The molecule has 0 saturated heterocycles. The molecule has 9 nitrogen and oxygen atoms in total. The molecule has 2 N–H and O–H groups in total. The number of nitrogens with one attached hydrogen (secondary N) is 2. The van der Waals surface area contributed by atoms with E-state index in [2.05, 4.69) is 25.5 Å². The molecular weight excluding hydrogens is 522 g/mol. The number of rotatable bonds is 8. The fourth-order valence-electron chi connectivity index (χ4n) is 3.31. The van der Waals surface area contributed by atoms with Gasteiger partial charge in [0.25, 0.3) is 17.6 Å². The van der Waals surface area contributed by atoms with Crippen molar-refractivity contribution < 1.29 is 36.4 Å². The van der Waals surface area contributed by atoms with Crippen LogP contribution in [0.1, 0.15) is 29.0 Å². The maximum absolute atomic E-state index is 13.5. The van der Waals surface area contributed by atoms with Crippen molar-refractivity contribution in [3.63, 3.8) is 0 Å². The summed E-state index contributed by atoms with van der Waals surface area (Å²) >= 11 is 5.90. The maximum atomic E-state index is 13.5. The number of nitrogens with zero attached hydrogens (tertiary/aromatic N) is 3. The Bertz CT molecular complexity index is 1380. The molecule has 37 heavy (non-hydrogen) atoms. The Labute approximate surface area is 211 Å². The van der Waals surface area contributed by atoms with Crippen LogP contribution < -0.4 is 15.4 Å². The molecule has 4 rings (SSSR count). The van der Waals surface area contributed by atoms with E-state index < -0.39 is 47.1 Å². The van der Waals surface area contributed by atoms with Crippen molar-refractivity contribution in [1.29, 1.82) is 5.26 Å². The molecular formula is C23H16ClF4N5O4. The van der Waals surface area contributed by atoms with Gasteiger partial charge in [-0.2, -0.15) is 10.2 Å². The fourth-order valence-corrected chi connectivity index (χ4v) is 3.56. The number of hydrogen-bond donors (Lipinski definition) is 2. The lowest BCUT2D eigenvalue weighted by molar-refractivity contribution is -0.274. The highest BCUT2D eigenvalue weighted by Crippen LogP contribution is 2.35. The third-order valence-corrected chi connectivity index (χ3v) is 5.61. The van der Waals surface area contributed by atoms with E-state index in [0.717, 1.165) is 18.2 Å². The highest BCUT2D eigenvalue weighted by atomic mass is 35.5. The minimum absolute atomic E-state index is 0.140. The van der Waals surface area contributed by atoms with Crippen LogP contribution in [-0.2, 0) is 11.2 Å². The van der Waals surface area contributed by atoms with Crippen LogP contribution in [0.15, 0.2) is 47.0 Å². The van der Waals surface area contributed by atoms with Crippen molar-refractivity contribution in [2.24, 2.45) is 0 Å². The number of alkyl halides is 3. The number of benzene rings is 2. The van der Waals surface area contributed by atoms with Gasteiger partial charge in [-0.25, -0.2) is 4.39 Å². The second-order valence-corrected chi connectivity index (χ2v) is 8.57. The molecule has 0 radical (unpaired) electrons. The first-order valence-corrected chi connectivity index (χ1v) is 11.0. The van der Waals surface area contributed by atoms with E-state index in [1.807, 2.05) is 6.07 Å². The van der Waals surface area contributed by atoms with Gasteiger partial charge >= 0.3 is 6.36 Å². The molecule has 1 fully saturated rings. The first-order chi connectivity index (χ1) is 17.5. The first kappa shape index (κ1) is 25.9. The molecule has 1 saturated carbocycles. The minimum atomic E-state index is -4.95. The number of nitriles is 1. The molecule has 1 aliphatic rings. The highest BCUT2D eigenvalue weighted by Gasteiger charge is 2.45. The Balaban J connectivity index is 1.53. The maximum Gasteiger partial charge on any atom is 0.573 e. The van der Waals surface area contributed by atoms with Crippen molar-refractivity contribution in [3.05, 3.63) is 64.7 Å². The zero-order valence-electron chi connectivity index (χ0n) is 18.6. The third-order valence-electron chi connectivity index (χ3n) is 5.31. The van der Waals surface area contributed by atoms with Gasteiger partial charge in [0.05, 0.1) is 11.1 Å². The number of aromatic nitrogens is 2. The van der Waals surface area contributed by atoms with E-state index in [1.165, 1.54) is 24.3 Å². The Morgan fingerprint density at radius 1 is 1.24 bits per heavy atom. The minimum Gasteiger partial charge on any atom is -0.404 e. The summed E-state index contributed by atoms with van der Waals surface area (Å²) in [5.74, 6) is -3.43. The summed E-state index contributed by atoms with van der Waals surface area (Å²) in [5.41, 5.74) is -0.546. The van der Waals surface area contributed by atoms with Gasteiger partial charge in [0, 0.05) is 12.0 Å². The number of carbonyl (C=O) groups excluding carboxylic acids is 2. The van der Waals surface area contributed by atoms with E-state index in [0.29, 0.717) is 12.8 Å². The van der Waals surface area contributed by atoms with E-state index >= 15 is 0 Å². The Morgan fingerprint density at radius 3 is 2.62 bits per heavy atom. The Morgan fingerprint density at radius 2 is 2.00 bits per heavy atom. The first-order valence-electron chi connectivity index (χ1n) is 10.6. The van der Waals surface area contributed by atoms with Crippen LogP contribution in [0.4, 0.5) is 17.6 Å². The smallest absolute Gasteiger partial charge is 0.404 e. The topological polar surface area (TPSA) is 130 Å². The van der Waals surface area contributed by atoms with Gasteiger partial charge < -0.3 is 19.9 Å². The average molecular weight is 538 g/mol. The van der Waals surface area contributed by atoms with Gasteiger partial charge in [0.1, 0.15) is 23.1 Å². The fraction of sp³-hybridized carbons (Fsp3) is 0.261. The molecule has 0 unspecified atom stereocenters. The zero-order chi connectivity index (χ0) is 26.8. The number of halogens is 5. The quantitative estimate of drug-likeness (QED) is 0.416. The third kappa shape index (κ3) is 6.53. The molecule has 3 aromatic rings. The molecule has 2 aromatic carbocycles. The largest absolute Gasteiger partial charge is 0.573 e. The summed E-state index contributed by atoms with van der Waals surface area (Å²) in [6, 6.07) is 9.30. The molecule has 0 bridgehead atoms. The predicted octanol–water partition coefficient (Wildman–Crippen LogP) is 3.94. The average Bonchev–Trinajstić information content (AvgIpc) is 3.42. The summed E-state index contributed by atoms with van der Waals surface area (Å²) in [6.45, 7) is 0. The molecule has 0 spiro atoms. The van der Waals surface area contributed by atoms with Crippen LogP contribution >= 0.6 is 11.6 Å². The second kappa shape index (κ2) is 10.1. The van der Waals surface area contributed by atoms with Gasteiger partial charge in [0.15, 0.2) is 0 Å². The number of carbonyl (C=O) groups is 2. The second-order valence-electron chi connectivity index (χ2n) is 8.16. The number of hydrogen-bond acceptors (Lipinski definition) is 7. The van der Waals surface area contributed by atoms with Crippen molar-refractivity contribution in [1.82, 2.24) is 20.8 Å². The van der Waals surface area contributed by atoms with Gasteiger partial charge in [-0.3, -0.25) is 9.59 Å². The molecule has 1 aliphatic carbocycles. The lowest BCUT2D eigenvalue weighted by atomic mass is 10.0. The van der Waals surface area contributed by atoms with Crippen LogP contribution in [-0.4, -0.2) is 39.9 Å². The van der Waals surface area contributed by atoms with E-state index in [1.54, 1.807) is 0 Å². The van der Waals surface area contributed by atoms with E-state index in [-0.39, 0.29) is 28.5 Å². The molecule has 0 aliphatic heterocycles. The number of ether oxygens (including phenoxy) is 1. The van der Waals surface area contributed by atoms with Gasteiger partial charge in [-0.15, -0.1) is 13.2 Å². The van der Waals surface area contributed by atoms with Crippen LogP contribution in [0.2, 0.25) is 5.02 Å². The van der Waals surface area contributed by atoms with Gasteiger partial charge in [0.2, 0.25) is 5.91 Å². The number of amides is 2. The highest BCUT2D eigenvalue weighted by molar-refractivity contribution is 6.32. The Kier molecular flexibility index (Phi) is 7.04. The standard InChI is InChI=1S/C23H16ClF4N5O4/c24-15-8-12(4-5-17(15)36-23(26,27)28)9-16(19(34)32-22(11-29)6-7-22)30-20(35)18-31-21(37-33-18)13-2-1-3-14(25)10-13/h1-5,8,10,16H,6-7,9H2,(H,30,35)(H,32,34)/t16-/m0/s1.